The molecule has 0 radical (unpaired) electrons. The molecule has 0 atom stereocenters. The maximum Gasteiger partial charge on any atom is 0.335 e. The van der Waals surface area contributed by atoms with E-state index in [2.05, 4.69) is 5.32 Å². The number of ether oxygens (including phenoxy) is 2. The highest BCUT2D eigenvalue weighted by Crippen LogP contribution is 2.19. The Hall–Kier alpha value is -2.86. The Kier molecular flexibility index (Phi) is 6.14. The standard InChI is InChI=1S/C19H21NO5/c1-12-4-5-17(13(2)6-12)25-11-18(21)20-16-8-14(10-24-3)7-15(9-16)19(22)23/h4-9H,10-11H2,1-3H3,(H,20,21)(H,22,23). The number of hydrogen-bond acceptors (Lipinski definition) is 4. The fraction of sp³-hybridized carbons (Fsp3) is 0.263. The van der Waals surface area contributed by atoms with Gasteiger partial charge in [-0.15, -0.1) is 0 Å². The van der Waals surface area contributed by atoms with Crippen molar-refractivity contribution in [1.82, 2.24) is 0 Å². The Morgan fingerprint density at radius 1 is 1.12 bits per heavy atom. The number of carboxylic acids is 1. The van der Waals surface area contributed by atoms with Crippen molar-refractivity contribution in [2.45, 2.75) is 20.5 Å². The van der Waals surface area contributed by atoms with Crippen LogP contribution in [-0.4, -0.2) is 30.7 Å². The van der Waals surface area contributed by atoms with Crippen LogP contribution < -0.4 is 10.1 Å². The maximum atomic E-state index is 12.1. The van der Waals surface area contributed by atoms with Crippen LogP contribution >= 0.6 is 0 Å². The molecular weight excluding hydrogens is 322 g/mol. The SMILES string of the molecule is COCc1cc(NC(=O)COc2ccc(C)cc2C)cc(C(=O)O)c1. The number of methoxy groups -OCH3 is 1. The number of carbonyl (C=O) groups excluding carboxylic acids is 1. The van der Waals surface area contributed by atoms with E-state index in [-0.39, 0.29) is 24.7 Å². The lowest BCUT2D eigenvalue weighted by molar-refractivity contribution is -0.118. The summed E-state index contributed by atoms with van der Waals surface area (Å²) in [5.41, 5.74) is 3.20. The zero-order valence-corrected chi connectivity index (χ0v) is 14.5. The fourth-order valence-corrected chi connectivity index (χ4v) is 2.44. The number of carboxylic acid groups (broad SMARTS) is 1. The molecule has 2 N–H and O–H groups in total. The largest absolute Gasteiger partial charge is 0.483 e. The average molecular weight is 343 g/mol. The van der Waals surface area contributed by atoms with Gasteiger partial charge in [0.05, 0.1) is 12.2 Å². The summed E-state index contributed by atoms with van der Waals surface area (Å²) in [7, 11) is 1.52. The molecule has 0 aliphatic heterocycles. The second-order valence-corrected chi connectivity index (χ2v) is 5.76. The van der Waals surface area contributed by atoms with E-state index >= 15 is 0 Å². The van der Waals surface area contributed by atoms with Gasteiger partial charge >= 0.3 is 5.97 Å². The molecule has 0 unspecified atom stereocenters. The van der Waals surface area contributed by atoms with Gasteiger partial charge in [-0.2, -0.15) is 0 Å². The molecule has 1 amide bonds. The van der Waals surface area contributed by atoms with E-state index in [1.807, 2.05) is 32.0 Å². The first-order valence-electron chi connectivity index (χ1n) is 7.75. The van der Waals surface area contributed by atoms with Crippen LogP contribution in [0.5, 0.6) is 5.75 Å². The highest BCUT2D eigenvalue weighted by Gasteiger charge is 2.10. The third kappa shape index (κ3) is 5.32. The lowest BCUT2D eigenvalue weighted by atomic mass is 10.1. The van der Waals surface area contributed by atoms with Gasteiger partial charge in [0.15, 0.2) is 6.61 Å². The molecule has 6 heteroatoms. The van der Waals surface area contributed by atoms with Gasteiger partial charge in [-0.05, 0) is 49.2 Å². The minimum Gasteiger partial charge on any atom is -0.483 e. The third-order valence-corrected chi connectivity index (χ3v) is 3.52. The van der Waals surface area contributed by atoms with Crippen LogP contribution in [0.2, 0.25) is 0 Å². The topological polar surface area (TPSA) is 84.9 Å². The summed E-state index contributed by atoms with van der Waals surface area (Å²) in [5.74, 6) is -0.800. The van der Waals surface area contributed by atoms with Gasteiger partial charge in [-0.25, -0.2) is 4.79 Å². The lowest BCUT2D eigenvalue weighted by Gasteiger charge is -2.11. The van der Waals surface area contributed by atoms with Crippen LogP contribution in [0.3, 0.4) is 0 Å². The van der Waals surface area contributed by atoms with Crippen LogP contribution in [0, 0.1) is 13.8 Å². The number of carbonyl (C=O) groups is 2. The molecule has 0 saturated heterocycles. The molecule has 0 bridgehead atoms. The fourth-order valence-electron chi connectivity index (χ4n) is 2.44. The average Bonchev–Trinajstić information content (AvgIpc) is 2.54. The zero-order valence-electron chi connectivity index (χ0n) is 14.5. The number of nitrogens with one attached hydrogen (secondary N) is 1. The molecule has 0 saturated carbocycles. The Morgan fingerprint density at radius 3 is 2.52 bits per heavy atom. The number of aryl methyl sites for hydroxylation is 2. The second kappa shape index (κ2) is 8.30. The summed E-state index contributed by atoms with van der Waals surface area (Å²) >= 11 is 0. The molecule has 6 nitrogen and oxygen atoms in total. The summed E-state index contributed by atoms with van der Waals surface area (Å²) < 4.78 is 10.5. The number of amides is 1. The van der Waals surface area contributed by atoms with Gasteiger partial charge in [0.2, 0.25) is 0 Å². The summed E-state index contributed by atoms with van der Waals surface area (Å²) in [6.45, 7) is 3.98. The van der Waals surface area contributed by atoms with Crippen LogP contribution in [0.15, 0.2) is 36.4 Å². The normalized spacial score (nSPS) is 10.4. The van der Waals surface area contributed by atoms with E-state index in [9.17, 15) is 9.59 Å². The minimum absolute atomic E-state index is 0.0835. The quantitative estimate of drug-likeness (QED) is 0.806. The molecule has 25 heavy (non-hydrogen) atoms. The van der Waals surface area contributed by atoms with E-state index in [0.717, 1.165) is 11.1 Å². The molecule has 0 aliphatic rings. The highest BCUT2D eigenvalue weighted by atomic mass is 16.5. The molecule has 0 aromatic heterocycles. The predicted octanol–water partition coefficient (Wildman–Crippen LogP) is 3.17. The Labute approximate surface area is 146 Å². The van der Waals surface area contributed by atoms with Gasteiger partial charge in [-0.3, -0.25) is 4.79 Å². The van der Waals surface area contributed by atoms with Gasteiger partial charge < -0.3 is 19.9 Å². The molecule has 0 spiro atoms. The van der Waals surface area contributed by atoms with Crippen LogP contribution in [0.1, 0.15) is 27.0 Å². The minimum atomic E-state index is -1.07. The first-order valence-corrected chi connectivity index (χ1v) is 7.75. The zero-order chi connectivity index (χ0) is 18.4. The van der Waals surface area contributed by atoms with Crippen molar-refractivity contribution in [1.29, 1.82) is 0 Å². The predicted molar refractivity (Wildman–Crippen MR) is 94.2 cm³/mol. The summed E-state index contributed by atoms with van der Waals surface area (Å²) in [4.78, 5) is 23.3. The molecule has 0 fully saturated rings. The first kappa shape index (κ1) is 18.5. The molecule has 2 rings (SSSR count). The van der Waals surface area contributed by atoms with E-state index in [1.165, 1.54) is 19.2 Å². The number of hydrogen-bond donors (Lipinski definition) is 2. The number of benzene rings is 2. The molecule has 0 aliphatic carbocycles. The van der Waals surface area contributed by atoms with Crippen molar-refractivity contribution in [3.63, 3.8) is 0 Å². The van der Waals surface area contributed by atoms with Crippen molar-refractivity contribution in [2.75, 3.05) is 19.0 Å². The second-order valence-electron chi connectivity index (χ2n) is 5.76. The number of anilines is 1. The van der Waals surface area contributed by atoms with E-state index < -0.39 is 5.97 Å². The first-order chi connectivity index (χ1) is 11.9. The van der Waals surface area contributed by atoms with Gasteiger partial charge in [0, 0.05) is 12.8 Å². The molecule has 2 aromatic carbocycles. The third-order valence-electron chi connectivity index (χ3n) is 3.52. The van der Waals surface area contributed by atoms with Crippen LogP contribution in [-0.2, 0) is 16.1 Å². The Bertz CT molecular complexity index is 785. The summed E-state index contributed by atoms with van der Waals surface area (Å²) in [6.07, 6.45) is 0. The monoisotopic (exact) mass is 343 g/mol. The van der Waals surface area contributed by atoms with Crippen molar-refractivity contribution >= 4 is 17.6 Å². The Balaban J connectivity index is 2.05. The number of aromatic carboxylic acids is 1. The summed E-state index contributed by atoms with van der Waals surface area (Å²) in [6, 6.07) is 10.3. The van der Waals surface area contributed by atoms with E-state index in [1.54, 1.807) is 6.07 Å². The summed E-state index contributed by atoms with van der Waals surface area (Å²) in [5, 5.41) is 11.8. The molecule has 2 aromatic rings. The Morgan fingerprint density at radius 2 is 1.88 bits per heavy atom. The maximum absolute atomic E-state index is 12.1. The van der Waals surface area contributed by atoms with Crippen molar-refractivity contribution < 1.29 is 24.2 Å². The molecular formula is C19H21NO5. The van der Waals surface area contributed by atoms with E-state index in [4.69, 9.17) is 14.6 Å². The highest BCUT2D eigenvalue weighted by molar-refractivity contribution is 5.94. The van der Waals surface area contributed by atoms with Crippen LogP contribution in [0.25, 0.3) is 0 Å². The van der Waals surface area contributed by atoms with Gasteiger partial charge in [0.1, 0.15) is 5.75 Å². The van der Waals surface area contributed by atoms with Crippen molar-refractivity contribution in [3.8, 4) is 5.75 Å². The van der Waals surface area contributed by atoms with Crippen molar-refractivity contribution in [2.24, 2.45) is 0 Å². The van der Waals surface area contributed by atoms with Gasteiger partial charge in [0.25, 0.3) is 5.91 Å². The number of rotatable bonds is 7. The van der Waals surface area contributed by atoms with Gasteiger partial charge in [-0.1, -0.05) is 17.7 Å². The van der Waals surface area contributed by atoms with Crippen LogP contribution in [0.4, 0.5) is 5.69 Å². The van der Waals surface area contributed by atoms with Crippen molar-refractivity contribution in [3.05, 3.63) is 58.7 Å². The molecule has 0 heterocycles. The lowest BCUT2D eigenvalue weighted by Crippen LogP contribution is -2.20. The van der Waals surface area contributed by atoms with E-state index in [0.29, 0.717) is 17.0 Å². The molecule has 132 valence electrons. The smallest absolute Gasteiger partial charge is 0.335 e.